The highest BCUT2D eigenvalue weighted by molar-refractivity contribution is 5.92. The molecule has 5 heteroatoms. The normalized spacial score (nSPS) is 15.8. The minimum Gasteiger partial charge on any atom is -0.495 e. The van der Waals surface area contributed by atoms with Gasteiger partial charge in [0.05, 0.1) is 12.8 Å². The second-order valence-corrected chi connectivity index (χ2v) is 5.28. The Balaban J connectivity index is 1.52. The molecule has 0 fully saturated rings. The molecule has 1 heterocycles. The van der Waals surface area contributed by atoms with Crippen LogP contribution in [0.2, 0.25) is 0 Å². The first-order valence-electron chi connectivity index (χ1n) is 7.57. The molecule has 0 aliphatic carbocycles. The van der Waals surface area contributed by atoms with E-state index in [9.17, 15) is 4.79 Å². The zero-order chi connectivity index (χ0) is 16.1. The van der Waals surface area contributed by atoms with Gasteiger partial charge in [0.2, 0.25) is 5.91 Å². The highest BCUT2D eigenvalue weighted by Crippen LogP contribution is 2.32. The molecule has 0 saturated heterocycles. The zero-order valence-corrected chi connectivity index (χ0v) is 13.0. The van der Waals surface area contributed by atoms with Crippen LogP contribution in [0.5, 0.6) is 17.2 Å². The van der Waals surface area contributed by atoms with E-state index in [4.69, 9.17) is 14.2 Å². The second kappa shape index (κ2) is 7.05. The summed E-state index contributed by atoms with van der Waals surface area (Å²) >= 11 is 0. The van der Waals surface area contributed by atoms with Crippen molar-refractivity contribution in [2.45, 2.75) is 18.9 Å². The SMILES string of the molecule is COc1ccccc1NC(=O)CCC1COc2ccccc2O1. The molecule has 1 N–H and O–H groups in total. The van der Waals surface area contributed by atoms with Crippen LogP contribution in [0.3, 0.4) is 0 Å². The van der Waals surface area contributed by atoms with Crippen LogP contribution in [0.15, 0.2) is 48.5 Å². The smallest absolute Gasteiger partial charge is 0.224 e. The number of benzene rings is 2. The maximum absolute atomic E-state index is 12.1. The third-order valence-electron chi connectivity index (χ3n) is 3.64. The van der Waals surface area contributed by atoms with E-state index in [-0.39, 0.29) is 12.0 Å². The van der Waals surface area contributed by atoms with Gasteiger partial charge in [-0.1, -0.05) is 24.3 Å². The maximum Gasteiger partial charge on any atom is 0.224 e. The Kier molecular flexibility index (Phi) is 4.66. The van der Waals surface area contributed by atoms with Crippen molar-refractivity contribution >= 4 is 11.6 Å². The van der Waals surface area contributed by atoms with E-state index in [1.807, 2.05) is 48.5 Å². The highest BCUT2D eigenvalue weighted by atomic mass is 16.6. The van der Waals surface area contributed by atoms with Crippen LogP contribution >= 0.6 is 0 Å². The fourth-order valence-corrected chi connectivity index (χ4v) is 2.46. The van der Waals surface area contributed by atoms with Crippen molar-refractivity contribution < 1.29 is 19.0 Å². The van der Waals surface area contributed by atoms with E-state index in [1.165, 1.54) is 0 Å². The molecule has 120 valence electrons. The molecule has 0 bridgehead atoms. The predicted octanol–water partition coefficient (Wildman–Crippen LogP) is 3.25. The fourth-order valence-electron chi connectivity index (χ4n) is 2.46. The monoisotopic (exact) mass is 313 g/mol. The summed E-state index contributed by atoms with van der Waals surface area (Å²) in [5.74, 6) is 2.06. The Labute approximate surface area is 135 Å². The Hall–Kier alpha value is -2.69. The third-order valence-corrected chi connectivity index (χ3v) is 3.64. The number of ether oxygens (including phenoxy) is 3. The van der Waals surface area contributed by atoms with Crippen LogP contribution in [-0.2, 0) is 4.79 Å². The van der Waals surface area contributed by atoms with Gasteiger partial charge in [0.1, 0.15) is 18.5 Å². The molecule has 1 aliphatic heterocycles. The van der Waals surface area contributed by atoms with Crippen molar-refractivity contribution in [2.75, 3.05) is 19.0 Å². The second-order valence-electron chi connectivity index (χ2n) is 5.28. The van der Waals surface area contributed by atoms with Gasteiger partial charge in [-0.25, -0.2) is 0 Å². The standard InChI is InChI=1S/C18H19NO4/c1-21-15-7-3-2-6-14(15)19-18(20)11-10-13-12-22-16-8-4-5-9-17(16)23-13/h2-9,13H,10-12H2,1H3,(H,19,20). The van der Waals surface area contributed by atoms with E-state index < -0.39 is 0 Å². The lowest BCUT2D eigenvalue weighted by molar-refractivity contribution is -0.116. The van der Waals surface area contributed by atoms with E-state index in [1.54, 1.807) is 7.11 Å². The van der Waals surface area contributed by atoms with E-state index >= 15 is 0 Å². The molecule has 0 radical (unpaired) electrons. The van der Waals surface area contributed by atoms with Gasteiger partial charge < -0.3 is 19.5 Å². The largest absolute Gasteiger partial charge is 0.495 e. The number of methoxy groups -OCH3 is 1. The van der Waals surface area contributed by atoms with Gasteiger partial charge in [-0.2, -0.15) is 0 Å². The molecule has 1 unspecified atom stereocenters. The summed E-state index contributed by atoms with van der Waals surface area (Å²) in [6.45, 7) is 0.457. The molecule has 3 rings (SSSR count). The molecule has 2 aromatic rings. The molecular formula is C18H19NO4. The zero-order valence-electron chi connectivity index (χ0n) is 13.0. The summed E-state index contributed by atoms with van der Waals surface area (Å²) in [4.78, 5) is 12.1. The van der Waals surface area contributed by atoms with Crippen molar-refractivity contribution in [1.29, 1.82) is 0 Å². The van der Waals surface area contributed by atoms with Gasteiger partial charge in [-0.05, 0) is 30.7 Å². The van der Waals surface area contributed by atoms with Crippen LogP contribution in [-0.4, -0.2) is 25.7 Å². The van der Waals surface area contributed by atoms with E-state index in [2.05, 4.69) is 5.32 Å². The van der Waals surface area contributed by atoms with Crippen LogP contribution in [0.4, 0.5) is 5.69 Å². The molecule has 1 atom stereocenters. The minimum atomic E-state index is -0.117. The van der Waals surface area contributed by atoms with Gasteiger partial charge in [0.15, 0.2) is 11.5 Å². The molecule has 0 aromatic heterocycles. The Morgan fingerprint density at radius 3 is 2.74 bits per heavy atom. The summed E-state index contributed by atoms with van der Waals surface area (Å²) in [5, 5.41) is 2.86. The average Bonchev–Trinajstić information content (AvgIpc) is 2.60. The number of hydrogen-bond donors (Lipinski definition) is 1. The Morgan fingerprint density at radius 1 is 1.17 bits per heavy atom. The number of nitrogens with one attached hydrogen (secondary N) is 1. The summed E-state index contributed by atoms with van der Waals surface area (Å²) in [7, 11) is 1.58. The minimum absolute atomic E-state index is 0.0723. The molecule has 5 nitrogen and oxygen atoms in total. The molecule has 1 amide bonds. The number of anilines is 1. The first-order chi connectivity index (χ1) is 11.3. The number of rotatable bonds is 5. The first kappa shape index (κ1) is 15.2. The lowest BCUT2D eigenvalue weighted by Gasteiger charge is -2.26. The summed E-state index contributed by atoms with van der Waals surface area (Å²) in [5.41, 5.74) is 0.672. The van der Waals surface area contributed by atoms with Crippen LogP contribution in [0, 0.1) is 0 Å². The number of para-hydroxylation sites is 4. The number of carbonyl (C=O) groups is 1. The van der Waals surface area contributed by atoms with E-state index in [0.717, 1.165) is 11.5 Å². The van der Waals surface area contributed by atoms with Crippen molar-refractivity contribution in [3.05, 3.63) is 48.5 Å². The number of carbonyl (C=O) groups excluding carboxylic acids is 1. The first-order valence-corrected chi connectivity index (χ1v) is 7.57. The molecule has 0 saturated carbocycles. The molecular weight excluding hydrogens is 294 g/mol. The average molecular weight is 313 g/mol. The van der Waals surface area contributed by atoms with Crippen molar-refractivity contribution in [1.82, 2.24) is 0 Å². The number of amides is 1. The summed E-state index contributed by atoms with van der Waals surface area (Å²) in [6.07, 6.45) is 0.831. The van der Waals surface area contributed by atoms with Gasteiger partial charge in [0.25, 0.3) is 0 Å². The Bertz CT molecular complexity index is 686. The predicted molar refractivity (Wildman–Crippen MR) is 87.2 cm³/mol. The van der Waals surface area contributed by atoms with Gasteiger partial charge in [0, 0.05) is 6.42 Å². The van der Waals surface area contributed by atoms with Gasteiger partial charge >= 0.3 is 0 Å². The number of hydrogen-bond acceptors (Lipinski definition) is 4. The summed E-state index contributed by atoms with van der Waals surface area (Å²) in [6, 6.07) is 14.9. The lowest BCUT2D eigenvalue weighted by Crippen LogP contribution is -2.30. The van der Waals surface area contributed by atoms with Gasteiger partial charge in [-0.3, -0.25) is 4.79 Å². The third kappa shape index (κ3) is 3.74. The van der Waals surface area contributed by atoms with Gasteiger partial charge in [-0.15, -0.1) is 0 Å². The van der Waals surface area contributed by atoms with E-state index in [0.29, 0.717) is 30.9 Å². The summed E-state index contributed by atoms with van der Waals surface area (Å²) < 4.78 is 16.7. The lowest BCUT2D eigenvalue weighted by atomic mass is 10.1. The van der Waals surface area contributed by atoms with Crippen LogP contribution < -0.4 is 19.5 Å². The highest BCUT2D eigenvalue weighted by Gasteiger charge is 2.21. The van der Waals surface area contributed by atoms with Crippen LogP contribution in [0.1, 0.15) is 12.8 Å². The Morgan fingerprint density at radius 2 is 1.91 bits per heavy atom. The molecule has 0 spiro atoms. The van der Waals surface area contributed by atoms with Crippen molar-refractivity contribution in [2.24, 2.45) is 0 Å². The molecule has 2 aromatic carbocycles. The topological polar surface area (TPSA) is 56.8 Å². The molecule has 23 heavy (non-hydrogen) atoms. The van der Waals surface area contributed by atoms with Crippen LogP contribution in [0.25, 0.3) is 0 Å². The molecule has 1 aliphatic rings. The van der Waals surface area contributed by atoms with Crippen molar-refractivity contribution in [3.8, 4) is 17.2 Å². The number of fused-ring (bicyclic) bond motifs is 1. The van der Waals surface area contributed by atoms with Crippen molar-refractivity contribution in [3.63, 3.8) is 0 Å². The maximum atomic E-state index is 12.1. The fraction of sp³-hybridized carbons (Fsp3) is 0.278. The quantitative estimate of drug-likeness (QED) is 0.920.